The van der Waals surface area contributed by atoms with Crippen LogP contribution in [0, 0.1) is 5.92 Å². The van der Waals surface area contributed by atoms with Crippen LogP contribution in [0.3, 0.4) is 0 Å². The van der Waals surface area contributed by atoms with Gasteiger partial charge in [0, 0.05) is 37.1 Å². The lowest BCUT2D eigenvalue weighted by atomic mass is 9.90. The number of amides is 1. The Morgan fingerprint density at radius 1 is 0.944 bits per heavy atom. The smallest absolute Gasteiger partial charge is 0.337 e. The molecule has 0 spiro atoms. The maximum atomic E-state index is 13.4. The van der Waals surface area contributed by atoms with Gasteiger partial charge in [0.2, 0.25) is 0 Å². The zero-order valence-electron chi connectivity index (χ0n) is 19.4. The van der Waals surface area contributed by atoms with Crippen LogP contribution in [0.2, 0.25) is 5.02 Å². The zero-order valence-corrected chi connectivity index (χ0v) is 20.2. The molecule has 1 fully saturated rings. The normalized spacial score (nSPS) is 14.2. The van der Waals surface area contributed by atoms with Crippen molar-refractivity contribution in [2.24, 2.45) is 5.92 Å². The zero-order chi connectivity index (χ0) is 25.2. The number of carbonyl (C=O) groups excluding carboxylic acids is 2. The van der Waals surface area contributed by atoms with Gasteiger partial charge < -0.3 is 10.0 Å². The maximum Gasteiger partial charge on any atom is 0.337 e. The van der Waals surface area contributed by atoms with E-state index in [4.69, 9.17) is 11.6 Å². The molecule has 1 aliphatic rings. The minimum atomic E-state index is -1.19. The highest BCUT2D eigenvalue weighted by Gasteiger charge is 2.28. The van der Waals surface area contributed by atoms with Crippen LogP contribution < -0.4 is 0 Å². The molecular formula is C28H24ClN3O4. The molecule has 3 heterocycles. The highest BCUT2D eigenvalue weighted by molar-refractivity contribution is 6.39. The standard InChI is InChI=1S/C28H24ClN3O4/c29-24-22(27(34)31-13-10-19(11-14-31)15-18-5-2-1-3-6-18)9-8-21-23(28(35)36)17-32(25(21)24)26(33)20-7-4-12-30-16-20/h1-9,12,16-17,19H,10-11,13-15H2,(H,35,36). The van der Waals surface area contributed by atoms with Crippen LogP contribution in [-0.2, 0) is 6.42 Å². The fourth-order valence-electron chi connectivity index (χ4n) is 4.86. The van der Waals surface area contributed by atoms with Crippen molar-refractivity contribution in [1.82, 2.24) is 14.5 Å². The second-order valence-electron chi connectivity index (χ2n) is 9.01. The van der Waals surface area contributed by atoms with Gasteiger partial charge in [-0.1, -0.05) is 48.0 Å². The molecule has 0 saturated carbocycles. The van der Waals surface area contributed by atoms with Crippen LogP contribution in [0.5, 0.6) is 0 Å². The van der Waals surface area contributed by atoms with E-state index in [1.54, 1.807) is 35.4 Å². The van der Waals surface area contributed by atoms with Crippen LogP contribution in [-0.4, -0.2) is 50.4 Å². The first-order valence-corrected chi connectivity index (χ1v) is 12.2. The number of pyridine rings is 1. The van der Waals surface area contributed by atoms with Crippen LogP contribution >= 0.6 is 11.6 Å². The molecule has 1 saturated heterocycles. The Bertz CT molecular complexity index is 1440. The van der Waals surface area contributed by atoms with E-state index in [-0.39, 0.29) is 33.1 Å². The minimum Gasteiger partial charge on any atom is -0.478 e. The molecule has 0 radical (unpaired) electrons. The SMILES string of the molecule is O=C(O)c1cn(C(=O)c2cccnc2)c2c(Cl)c(C(=O)N3CCC(Cc4ccccc4)CC3)ccc12. The van der Waals surface area contributed by atoms with Gasteiger partial charge in [0.15, 0.2) is 0 Å². The molecule has 0 aliphatic carbocycles. The first-order chi connectivity index (χ1) is 17.4. The van der Waals surface area contributed by atoms with Crippen molar-refractivity contribution >= 4 is 40.3 Å². The highest BCUT2D eigenvalue weighted by atomic mass is 35.5. The Balaban J connectivity index is 1.43. The molecule has 1 N–H and O–H groups in total. The molecule has 0 atom stereocenters. The molecule has 2 aromatic heterocycles. The Morgan fingerprint density at radius 2 is 1.69 bits per heavy atom. The van der Waals surface area contributed by atoms with Crippen molar-refractivity contribution in [3.63, 3.8) is 0 Å². The predicted molar refractivity (Wildman–Crippen MR) is 137 cm³/mol. The number of aromatic carboxylic acids is 1. The molecule has 1 amide bonds. The van der Waals surface area contributed by atoms with E-state index in [1.807, 2.05) is 18.2 Å². The summed E-state index contributed by atoms with van der Waals surface area (Å²) in [5, 5.41) is 10.1. The topological polar surface area (TPSA) is 92.5 Å². The van der Waals surface area contributed by atoms with Gasteiger partial charge in [-0.3, -0.25) is 19.1 Å². The van der Waals surface area contributed by atoms with E-state index < -0.39 is 11.9 Å². The van der Waals surface area contributed by atoms with Crippen molar-refractivity contribution in [2.75, 3.05) is 13.1 Å². The van der Waals surface area contributed by atoms with E-state index >= 15 is 0 Å². The number of fused-ring (bicyclic) bond motifs is 1. The lowest BCUT2D eigenvalue weighted by Crippen LogP contribution is -2.39. The van der Waals surface area contributed by atoms with Gasteiger partial charge in [-0.05, 0) is 48.9 Å². The van der Waals surface area contributed by atoms with E-state index in [0.717, 1.165) is 19.3 Å². The summed E-state index contributed by atoms with van der Waals surface area (Å²) >= 11 is 6.72. The van der Waals surface area contributed by atoms with Crippen molar-refractivity contribution in [3.8, 4) is 0 Å². The molecule has 8 heteroatoms. The summed E-state index contributed by atoms with van der Waals surface area (Å²) < 4.78 is 1.20. The second kappa shape index (κ2) is 9.95. The van der Waals surface area contributed by atoms with Crippen molar-refractivity contribution in [2.45, 2.75) is 19.3 Å². The highest BCUT2D eigenvalue weighted by Crippen LogP contribution is 2.33. The number of halogens is 1. The summed E-state index contributed by atoms with van der Waals surface area (Å²) in [6, 6.07) is 16.6. The van der Waals surface area contributed by atoms with Gasteiger partial charge in [-0.15, -0.1) is 0 Å². The Kier molecular flexibility index (Phi) is 6.57. The number of hydrogen-bond acceptors (Lipinski definition) is 4. The Hall–Kier alpha value is -3.97. The molecule has 182 valence electrons. The fourth-order valence-corrected chi connectivity index (χ4v) is 5.20. The summed E-state index contributed by atoms with van der Waals surface area (Å²) in [4.78, 5) is 44.3. The summed E-state index contributed by atoms with van der Waals surface area (Å²) in [5.41, 5.74) is 1.96. The number of piperidine rings is 1. The van der Waals surface area contributed by atoms with E-state index in [1.165, 1.54) is 22.5 Å². The third-order valence-corrected chi connectivity index (χ3v) is 7.15. The lowest BCUT2D eigenvalue weighted by molar-refractivity contribution is 0.0685. The minimum absolute atomic E-state index is 0.0636. The fraction of sp³-hybridized carbons (Fsp3) is 0.214. The largest absolute Gasteiger partial charge is 0.478 e. The molecule has 1 aliphatic heterocycles. The summed E-state index contributed by atoms with van der Waals surface area (Å²) in [5.74, 6) is -1.39. The number of hydrogen-bond donors (Lipinski definition) is 1. The van der Waals surface area contributed by atoms with E-state index in [0.29, 0.717) is 24.4 Å². The number of likely N-dealkylation sites (tertiary alicyclic amines) is 1. The van der Waals surface area contributed by atoms with Crippen molar-refractivity contribution in [1.29, 1.82) is 0 Å². The van der Waals surface area contributed by atoms with Gasteiger partial charge in [0.05, 0.1) is 27.2 Å². The van der Waals surface area contributed by atoms with Crippen molar-refractivity contribution < 1.29 is 19.5 Å². The summed E-state index contributed by atoms with van der Waals surface area (Å²) in [6.07, 6.45) is 6.95. The molecule has 0 unspecified atom stereocenters. The number of rotatable bonds is 5. The lowest BCUT2D eigenvalue weighted by Gasteiger charge is -2.32. The third-order valence-electron chi connectivity index (χ3n) is 6.76. The van der Waals surface area contributed by atoms with Gasteiger partial charge in [-0.25, -0.2) is 4.79 Å². The molecule has 36 heavy (non-hydrogen) atoms. The average molecular weight is 502 g/mol. The second-order valence-corrected chi connectivity index (χ2v) is 9.39. The predicted octanol–water partition coefficient (Wildman–Crippen LogP) is 5.17. The number of carboxylic acids is 1. The van der Waals surface area contributed by atoms with Gasteiger partial charge >= 0.3 is 5.97 Å². The monoisotopic (exact) mass is 501 g/mol. The molecule has 4 aromatic rings. The van der Waals surface area contributed by atoms with Gasteiger partial charge in [-0.2, -0.15) is 0 Å². The number of carboxylic acid groups (broad SMARTS) is 1. The maximum absolute atomic E-state index is 13.4. The molecule has 5 rings (SSSR count). The number of aromatic nitrogens is 2. The Labute approximate surface area is 212 Å². The van der Waals surface area contributed by atoms with Gasteiger partial charge in [0.1, 0.15) is 0 Å². The van der Waals surface area contributed by atoms with Crippen LogP contribution in [0.4, 0.5) is 0 Å². The first-order valence-electron chi connectivity index (χ1n) is 11.8. The summed E-state index contributed by atoms with van der Waals surface area (Å²) in [7, 11) is 0. The Morgan fingerprint density at radius 3 is 2.36 bits per heavy atom. The number of carbonyl (C=O) groups is 3. The quantitative estimate of drug-likeness (QED) is 0.407. The number of benzene rings is 2. The summed E-state index contributed by atoms with van der Waals surface area (Å²) in [6.45, 7) is 1.22. The molecular weight excluding hydrogens is 478 g/mol. The molecule has 0 bridgehead atoms. The molecule has 7 nitrogen and oxygen atoms in total. The average Bonchev–Trinajstić information content (AvgIpc) is 3.31. The van der Waals surface area contributed by atoms with Gasteiger partial charge in [0.25, 0.3) is 11.8 Å². The van der Waals surface area contributed by atoms with Crippen LogP contribution in [0.25, 0.3) is 10.9 Å². The first kappa shape index (κ1) is 23.8. The number of nitrogens with zero attached hydrogens (tertiary/aromatic N) is 3. The van der Waals surface area contributed by atoms with E-state index in [9.17, 15) is 19.5 Å². The van der Waals surface area contributed by atoms with E-state index in [2.05, 4.69) is 17.1 Å². The molecule has 2 aromatic carbocycles. The van der Waals surface area contributed by atoms with Crippen LogP contribution in [0.15, 0.2) is 73.2 Å². The third kappa shape index (κ3) is 4.50. The van der Waals surface area contributed by atoms with Crippen LogP contribution in [0.1, 0.15) is 49.5 Å². The van der Waals surface area contributed by atoms with Crippen molar-refractivity contribution in [3.05, 3.63) is 100 Å².